The topological polar surface area (TPSA) is 111 Å². The van der Waals surface area contributed by atoms with Crippen LogP contribution in [0.5, 0.6) is 0 Å². The Kier molecular flexibility index (Phi) is 3.60. The Balaban J connectivity index is 2.25. The maximum atomic E-state index is 12.0. The third-order valence-corrected chi connectivity index (χ3v) is 2.72. The molecule has 102 valence electrons. The van der Waals surface area contributed by atoms with Crippen molar-refractivity contribution in [3.63, 3.8) is 0 Å². The van der Waals surface area contributed by atoms with E-state index in [1.807, 2.05) is 0 Å². The fourth-order valence-electron chi connectivity index (χ4n) is 1.69. The Labute approximate surface area is 114 Å². The van der Waals surface area contributed by atoms with Gasteiger partial charge in [-0.1, -0.05) is 0 Å². The van der Waals surface area contributed by atoms with Gasteiger partial charge in [0.1, 0.15) is 0 Å². The predicted molar refractivity (Wildman–Crippen MR) is 74.4 cm³/mol. The molecule has 0 unspecified atom stereocenters. The number of aryl methyl sites for hydroxylation is 1. The lowest BCUT2D eigenvalue weighted by Crippen LogP contribution is -2.16. The fraction of sp³-hybridized carbons (Fsp3) is 0.0769. The van der Waals surface area contributed by atoms with E-state index in [9.17, 15) is 14.9 Å². The summed E-state index contributed by atoms with van der Waals surface area (Å²) in [6.07, 6.45) is 1.47. The van der Waals surface area contributed by atoms with Crippen molar-refractivity contribution in [2.75, 3.05) is 11.1 Å². The largest absolute Gasteiger partial charge is 0.397 e. The molecule has 0 aliphatic rings. The molecule has 0 aliphatic carbocycles. The summed E-state index contributed by atoms with van der Waals surface area (Å²) in [5, 5.41) is 13.3. The molecule has 1 aromatic carbocycles. The first-order valence-corrected chi connectivity index (χ1v) is 5.76. The van der Waals surface area contributed by atoms with Crippen molar-refractivity contribution in [2.24, 2.45) is 0 Å². The van der Waals surface area contributed by atoms with Crippen LogP contribution in [0.2, 0.25) is 0 Å². The van der Waals surface area contributed by atoms with E-state index < -0.39 is 10.8 Å². The average Bonchev–Trinajstić information content (AvgIpc) is 2.41. The zero-order valence-corrected chi connectivity index (χ0v) is 10.7. The lowest BCUT2D eigenvalue weighted by molar-refractivity contribution is -0.384. The molecule has 0 spiro atoms. The number of nitro groups is 1. The Morgan fingerprint density at radius 1 is 1.40 bits per heavy atom. The van der Waals surface area contributed by atoms with Crippen molar-refractivity contribution >= 4 is 23.0 Å². The molecule has 7 heteroatoms. The Hall–Kier alpha value is -2.96. The number of nitrogens with two attached hydrogens (primary N) is 1. The highest BCUT2D eigenvalue weighted by Crippen LogP contribution is 2.22. The molecule has 0 aliphatic heterocycles. The maximum absolute atomic E-state index is 12.0. The van der Waals surface area contributed by atoms with E-state index in [0.717, 1.165) is 0 Å². The molecular formula is C13H12N4O3. The van der Waals surface area contributed by atoms with Crippen molar-refractivity contribution in [3.8, 4) is 0 Å². The van der Waals surface area contributed by atoms with Gasteiger partial charge < -0.3 is 11.1 Å². The zero-order chi connectivity index (χ0) is 14.7. The van der Waals surface area contributed by atoms with E-state index in [2.05, 4.69) is 10.3 Å². The van der Waals surface area contributed by atoms with Crippen LogP contribution < -0.4 is 11.1 Å². The lowest BCUT2D eigenvalue weighted by atomic mass is 10.1. The molecule has 3 N–H and O–H groups in total. The van der Waals surface area contributed by atoms with Gasteiger partial charge in [-0.15, -0.1) is 0 Å². The van der Waals surface area contributed by atoms with Crippen LogP contribution in [-0.2, 0) is 0 Å². The van der Waals surface area contributed by atoms with E-state index in [0.29, 0.717) is 11.3 Å². The Bertz CT molecular complexity index is 685. The molecule has 1 heterocycles. The number of aromatic nitrogens is 1. The maximum Gasteiger partial charge on any atom is 0.276 e. The number of carbonyl (C=O) groups is 1. The number of carbonyl (C=O) groups excluding carboxylic acids is 1. The molecule has 1 aromatic heterocycles. The van der Waals surface area contributed by atoms with Gasteiger partial charge in [-0.05, 0) is 30.7 Å². The Morgan fingerprint density at radius 2 is 2.15 bits per heavy atom. The second kappa shape index (κ2) is 5.35. The first-order valence-electron chi connectivity index (χ1n) is 5.76. The number of nitrogens with one attached hydrogen (secondary N) is 1. The molecule has 0 fully saturated rings. The van der Waals surface area contributed by atoms with E-state index in [-0.39, 0.29) is 17.1 Å². The number of pyridine rings is 1. The summed E-state index contributed by atoms with van der Waals surface area (Å²) < 4.78 is 0. The van der Waals surface area contributed by atoms with E-state index in [4.69, 9.17) is 5.73 Å². The molecule has 1 amide bonds. The van der Waals surface area contributed by atoms with Crippen LogP contribution in [0.25, 0.3) is 0 Å². The van der Waals surface area contributed by atoms with Gasteiger partial charge in [-0.2, -0.15) is 0 Å². The highest BCUT2D eigenvalue weighted by atomic mass is 16.6. The van der Waals surface area contributed by atoms with Gasteiger partial charge in [-0.25, -0.2) is 4.98 Å². The number of hydrogen-bond donors (Lipinski definition) is 2. The van der Waals surface area contributed by atoms with E-state index in [1.165, 1.54) is 24.4 Å². The van der Waals surface area contributed by atoms with Crippen molar-refractivity contribution in [1.29, 1.82) is 0 Å². The highest BCUT2D eigenvalue weighted by Gasteiger charge is 2.14. The van der Waals surface area contributed by atoms with Crippen LogP contribution in [0.3, 0.4) is 0 Å². The average molecular weight is 272 g/mol. The molecule has 20 heavy (non-hydrogen) atoms. The molecule has 7 nitrogen and oxygen atoms in total. The molecule has 0 bridgehead atoms. The van der Waals surface area contributed by atoms with Gasteiger partial charge in [0.25, 0.3) is 11.6 Å². The molecule has 2 aromatic rings. The first-order chi connectivity index (χ1) is 9.49. The molecule has 0 saturated heterocycles. The minimum Gasteiger partial charge on any atom is -0.397 e. The second-order valence-corrected chi connectivity index (χ2v) is 4.15. The predicted octanol–water partition coefficient (Wildman–Crippen LogP) is 2.13. The quantitative estimate of drug-likeness (QED) is 0.656. The number of nitrogens with zero attached hydrogens (tertiary/aromatic N) is 2. The number of rotatable bonds is 3. The zero-order valence-electron chi connectivity index (χ0n) is 10.7. The van der Waals surface area contributed by atoms with E-state index >= 15 is 0 Å². The summed E-state index contributed by atoms with van der Waals surface area (Å²) in [4.78, 5) is 26.1. The summed E-state index contributed by atoms with van der Waals surface area (Å²) in [6.45, 7) is 1.67. The van der Waals surface area contributed by atoms with Crippen LogP contribution in [0, 0.1) is 17.0 Å². The second-order valence-electron chi connectivity index (χ2n) is 4.15. The van der Waals surface area contributed by atoms with E-state index in [1.54, 1.807) is 19.1 Å². The monoisotopic (exact) mass is 272 g/mol. The third-order valence-electron chi connectivity index (χ3n) is 2.72. The molecule has 0 radical (unpaired) electrons. The number of amides is 1. The standard InChI is InChI=1S/C13H12N4O3/c1-8-7-9(17(19)20)4-5-11(8)16-13(18)12-10(14)3-2-6-15-12/h2-7H,14H2,1H3,(H,16,18). The summed E-state index contributed by atoms with van der Waals surface area (Å²) in [5.74, 6) is -0.458. The number of non-ortho nitro benzene ring substituents is 1. The summed E-state index contributed by atoms with van der Waals surface area (Å²) in [7, 11) is 0. The van der Waals surface area contributed by atoms with Crippen LogP contribution in [0.4, 0.5) is 17.1 Å². The van der Waals surface area contributed by atoms with Crippen molar-refractivity contribution in [3.05, 3.63) is 57.9 Å². The van der Waals surface area contributed by atoms with Gasteiger partial charge in [0.05, 0.1) is 10.6 Å². The number of hydrogen-bond acceptors (Lipinski definition) is 5. The number of benzene rings is 1. The van der Waals surface area contributed by atoms with Crippen LogP contribution in [0.1, 0.15) is 16.1 Å². The lowest BCUT2D eigenvalue weighted by Gasteiger charge is -2.08. The number of nitrogen functional groups attached to an aromatic ring is 1. The number of anilines is 2. The molecule has 0 atom stereocenters. The van der Waals surface area contributed by atoms with Crippen LogP contribution >= 0.6 is 0 Å². The van der Waals surface area contributed by atoms with Gasteiger partial charge in [0.2, 0.25) is 0 Å². The fourth-order valence-corrected chi connectivity index (χ4v) is 1.69. The number of nitro benzene ring substituents is 1. The molecule has 0 saturated carbocycles. The summed E-state index contributed by atoms with van der Waals surface area (Å²) in [6, 6.07) is 7.39. The minimum atomic E-state index is -0.491. The van der Waals surface area contributed by atoms with Gasteiger partial charge in [-0.3, -0.25) is 14.9 Å². The van der Waals surface area contributed by atoms with Gasteiger partial charge >= 0.3 is 0 Å². The minimum absolute atomic E-state index is 0.0298. The van der Waals surface area contributed by atoms with Crippen molar-refractivity contribution in [1.82, 2.24) is 4.98 Å². The normalized spacial score (nSPS) is 10.1. The smallest absolute Gasteiger partial charge is 0.276 e. The van der Waals surface area contributed by atoms with Gasteiger partial charge in [0, 0.05) is 24.0 Å². The molecular weight excluding hydrogens is 260 g/mol. The van der Waals surface area contributed by atoms with Crippen molar-refractivity contribution < 1.29 is 9.72 Å². The molecule has 2 rings (SSSR count). The highest BCUT2D eigenvalue weighted by molar-refractivity contribution is 6.06. The first kappa shape index (κ1) is 13.5. The third kappa shape index (κ3) is 2.72. The Morgan fingerprint density at radius 3 is 2.75 bits per heavy atom. The van der Waals surface area contributed by atoms with Crippen LogP contribution in [-0.4, -0.2) is 15.8 Å². The SMILES string of the molecule is Cc1cc([N+](=O)[O-])ccc1NC(=O)c1ncccc1N. The van der Waals surface area contributed by atoms with Gasteiger partial charge in [0.15, 0.2) is 5.69 Å². The summed E-state index contributed by atoms with van der Waals surface area (Å²) in [5.41, 5.74) is 7.08. The van der Waals surface area contributed by atoms with Crippen molar-refractivity contribution in [2.45, 2.75) is 6.92 Å². The van der Waals surface area contributed by atoms with Crippen LogP contribution in [0.15, 0.2) is 36.5 Å². The summed E-state index contributed by atoms with van der Waals surface area (Å²) >= 11 is 0.